The number of rotatable bonds is 3. The minimum atomic E-state index is 0.398. The third kappa shape index (κ3) is 3.10. The fourth-order valence-corrected chi connectivity index (χ4v) is 2.84. The molecule has 0 bridgehead atoms. The van der Waals surface area contributed by atoms with Crippen LogP contribution in [0.3, 0.4) is 0 Å². The first kappa shape index (κ1) is 11.7. The van der Waals surface area contributed by atoms with Crippen molar-refractivity contribution in [1.29, 1.82) is 0 Å². The number of nitrogen functional groups attached to an aromatic ring is 1. The lowest BCUT2D eigenvalue weighted by molar-refractivity contribution is 1.14. The van der Waals surface area contributed by atoms with Crippen LogP contribution in [0.1, 0.15) is 4.88 Å². The quantitative estimate of drug-likeness (QED) is 0.847. The highest BCUT2D eigenvalue weighted by atomic mass is 79.9. The number of hydrogen-bond donors (Lipinski definition) is 2. The van der Waals surface area contributed by atoms with Crippen LogP contribution in [-0.4, -0.2) is 4.98 Å². The largest absolute Gasteiger partial charge is 0.399 e. The summed E-state index contributed by atoms with van der Waals surface area (Å²) < 4.78 is 1.09. The van der Waals surface area contributed by atoms with E-state index < -0.39 is 0 Å². The molecular weight excluding hydrogens is 310 g/mol. The molecule has 6 heteroatoms. The van der Waals surface area contributed by atoms with Gasteiger partial charge in [0.15, 0.2) is 0 Å². The number of pyridine rings is 1. The van der Waals surface area contributed by atoms with Gasteiger partial charge in [0.25, 0.3) is 0 Å². The molecule has 0 spiro atoms. The fraction of sp³-hybridized carbons (Fsp3) is 0.100. The van der Waals surface area contributed by atoms with E-state index in [-0.39, 0.29) is 0 Å². The Morgan fingerprint density at radius 1 is 1.44 bits per heavy atom. The van der Waals surface area contributed by atoms with Crippen LogP contribution in [0.2, 0.25) is 5.15 Å². The molecule has 0 saturated heterocycles. The van der Waals surface area contributed by atoms with Gasteiger partial charge in [-0.05, 0) is 28.1 Å². The average molecular weight is 319 g/mol. The molecule has 0 aliphatic rings. The van der Waals surface area contributed by atoms with Gasteiger partial charge in [-0.15, -0.1) is 11.3 Å². The second kappa shape index (κ2) is 5.03. The van der Waals surface area contributed by atoms with Gasteiger partial charge in [0.05, 0.1) is 6.54 Å². The number of halogens is 2. The predicted octanol–water partition coefficient (Wildman–Crippen LogP) is 3.75. The molecular formula is C10H9BrClN3S. The second-order valence-corrected chi connectivity index (χ2v) is 5.49. The van der Waals surface area contributed by atoms with Crippen molar-refractivity contribution in [1.82, 2.24) is 4.98 Å². The first-order valence-electron chi connectivity index (χ1n) is 4.53. The van der Waals surface area contributed by atoms with Crippen molar-refractivity contribution in [2.45, 2.75) is 6.54 Å². The van der Waals surface area contributed by atoms with Crippen LogP contribution in [0, 0.1) is 0 Å². The maximum atomic E-state index is 5.80. The van der Waals surface area contributed by atoms with E-state index in [4.69, 9.17) is 17.3 Å². The Kier molecular flexibility index (Phi) is 3.68. The smallest absolute Gasteiger partial charge is 0.133 e. The van der Waals surface area contributed by atoms with Crippen LogP contribution < -0.4 is 11.1 Å². The topological polar surface area (TPSA) is 50.9 Å². The fourth-order valence-electron chi connectivity index (χ4n) is 1.23. The van der Waals surface area contributed by atoms with E-state index in [9.17, 15) is 0 Å². The SMILES string of the molecule is Nc1cc(Cl)nc(NCc2cc(Br)cs2)c1. The molecule has 0 aromatic carbocycles. The van der Waals surface area contributed by atoms with Crippen molar-refractivity contribution in [2.75, 3.05) is 11.1 Å². The Balaban J connectivity index is 2.04. The molecule has 0 aliphatic carbocycles. The standard InChI is InChI=1S/C10H9BrClN3S/c11-6-1-8(16-5-6)4-14-10-3-7(13)2-9(12)15-10/h1-3,5H,4H2,(H3,13,14,15). The number of nitrogens with zero attached hydrogens (tertiary/aromatic N) is 1. The van der Waals surface area contributed by atoms with E-state index >= 15 is 0 Å². The van der Waals surface area contributed by atoms with Gasteiger partial charge < -0.3 is 11.1 Å². The molecule has 84 valence electrons. The summed E-state index contributed by atoms with van der Waals surface area (Å²) in [5, 5.41) is 5.61. The molecule has 2 aromatic rings. The molecule has 0 atom stereocenters. The van der Waals surface area contributed by atoms with Crippen molar-refractivity contribution in [2.24, 2.45) is 0 Å². The highest BCUT2D eigenvalue weighted by Crippen LogP contribution is 2.21. The van der Waals surface area contributed by atoms with Crippen LogP contribution in [0.15, 0.2) is 28.1 Å². The van der Waals surface area contributed by atoms with Crippen LogP contribution >= 0.6 is 38.9 Å². The molecule has 2 aromatic heterocycles. The lowest BCUT2D eigenvalue weighted by atomic mass is 10.4. The zero-order valence-electron chi connectivity index (χ0n) is 8.21. The molecule has 3 N–H and O–H groups in total. The van der Waals surface area contributed by atoms with E-state index in [0.717, 1.165) is 4.47 Å². The van der Waals surface area contributed by atoms with Crippen molar-refractivity contribution >= 4 is 50.4 Å². The zero-order chi connectivity index (χ0) is 11.5. The number of anilines is 2. The number of aromatic nitrogens is 1. The minimum Gasteiger partial charge on any atom is -0.399 e. The Morgan fingerprint density at radius 2 is 2.25 bits per heavy atom. The van der Waals surface area contributed by atoms with Crippen molar-refractivity contribution in [3.63, 3.8) is 0 Å². The highest BCUT2D eigenvalue weighted by molar-refractivity contribution is 9.10. The van der Waals surface area contributed by atoms with E-state index in [2.05, 4.69) is 32.3 Å². The predicted molar refractivity (Wildman–Crippen MR) is 73.0 cm³/mol. The zero-order valence-corrected chi connectivity index (χ0v) is 11.4. The first-order valence-corrected chi connectivity index (χ1v) is 6.58. The van der Waals surface area contributed by atoms with Crippen molar-refractivity contribution in [3.8, 4) is 0 Å². The van der Waals surface area contributed by atoms with Crippen LogP contribution in [0.25, 0.3) is 0 Å². The normalized spacial score (nSPS) is 10.4. The summed E-state index contributed by atoms with van der Waals surface area (Å²) in [4.78, 5) is 5.34. The van der Waals surface area contributed by atoms with Gasteiger partial charge in [0, 0.05) is 26.5 Å². The first-order chi connectivity index (χ1) is 7.63. The van der Waals surface area contributed by atoms with E-state index in [1.54, 1.807) is 23.5 Å². The van der Waals surface area contributed by atoms with E-state index in [1.807, 2.05) is 5.38 Å². The molecule has 0 radical (unpaired) electrons. The Bertz CT molecular complexity index is 480. The van der Waals surface area contributed by atoms with Gasteiger partial charge in [0.1, 0.15) is 11.0 Å². The molecule has 0 unspecified atom stereocenters. The number of hydrogen-bond acceptors (Lipinski definition) is 4. The molecule has 3 nitrogen and oxygen atoms in total. The number of nitrogens with two attached hydrogens (primary N) is 1. The molecule has 2 heterocycles. The average Bonchev–Trinajstić information content (AvgIpc) is 2.60. The maximum Gasteiger partial charge on any atom is 0.133 e. The van der Waals surface area contributed by atoms with Gasteiger partial charge in [-0.25, -0.2) is 4.98 Å². The molecule has 0 aliphatic heterocycles. The van der Waals surface area contributed by atoms with Crippen LogP contribution in [0.4, 0.5) is 11.5 Å². The number of nitrogens with one attached hydrogen (secondary N) is 1. The van der Waals surface area contributed by atoms with Gasteiger partial charge in [-0.2, -0.15) is 0 Å². The summed E-state index contributed by atoms with van der Waals surface area (Å²) in [7, 11) is 0. The van der Waals surface area contributed by atoms with Crippen LogP contribution in [0.5, 0.6) is 0 Å². The van der Waals surface area contributed by atoms with Gasteiger partial charge in [0.2, 0.25) is 0 Å². The monoisotopic (exact) mass is 317 g/mol. The summed E-state index contributed by atoms with van der Waals surface area (Å²) >= 11 is 10.9. The Labute approximate surface area is 111 Å². The molecule has 2 rings (SSSR count). The highest BCUT2D eigenvalue weighted by Gasteiger charge is 2.01. The van der Waals surface area contributed by atoms with E-state index in [0.29, 0.717) is 23.2 Å². The summed E-state index contributed by atoms with van der Waals surface area (Å²) in [6, 6.07) is 5.44. The van der Waals surface area contributed by atoms with E-state index in [1.165, 1.54) is 4.88 Å². The Morgan fingerprint density at radius 3 is 2.88 bits per heavy atom. The summed E-state index contributed by atoms with van der Waals surface area (Å²) in [6.45, 7) is 0.711. The molecule has 0 saturated carbocycles. The van der Waals surface area contributed by atoms with Crippen molar-refractivity contribution < 1.29 is 0 Å². The summed E-state index contributed by atoms with van der Waals surface area (Å²) in [5.41, 5.74) is 6.27. The van der Waals surface area contributed by atoms with Gasteiger partial charge in [-0.3, -0.25) is 0 Å². The second-order valence-electron chi connectivity index (χ2n) is 3.19. The Hall–Kier alpha value is -0.780. The van der Waals surface area contributed by atoms with Crippen LogP contribution in [-0.2, 0) is 6.54 Å². The van der Waals surface area contributed by atoms with Gasteiger partial charge in [-0.1, -0.05) is 11.6 Å². The maximum absolute atomic E-state index is 5.80. The molecule has 16 heavy (non-hydrogen) atoms. The minimum absolute atomic E-state index is 0.398. The van der Waals surface area contributed by atoms with Gasteiger partial charge >= 0.3 is 0 Å². The summed E-state index contributed by atoms with van der Waals surface area (Å²) in [5.74, 6) is 0.689. The third-order valence-corrected chi connectivity index (χ3v) is 3.77. The molecule has 0 amide bonds. The van der Waals surface area contributed by atoms with Crippen molar-refractivity contribution in [3.05, 3.63) is 38.1 Å². The lowest BCUT2D eigenvalue weighted by Gasteiger charge is -2.05. The number of thiophene rings is 1. The lowest BCUT2D eigenvalue weighted by Crippen LogP contribution is -2.00. The summed E-state index contributed by atoms with van der Waals surface area (Å²) in [6.07, 6.45) is 0. The molecule has 0 fully saturated rings. The third-order valence-electron chi connectivity index (χ3n) is 1.88.